The van der Waals surface area contributed by atoms with Crippen molar-refractivity contribution in [2.24, 2.45) is 0 Å². The number of halogens is 2. The van der Waals surface area contributed by atoms with Crippen LogP contribution >= 0.6 is 11.6 Å². The summed E-state index contributed by atoms with van der Waals surface area (Å²) in [5.41, 5.74) is 4.21. The van der Waals surface area contributed by atoms with E-state index in [0.717, 1.165) is 29.2 Å². The van der Waals surface area contributed by atoms with Crippen LogP contribution < -0.4 is 0 Å². The third-order valence-corrected chi connectivity index (χ3v) is 4.13. The van der Waals surface area contributed by atoms with E-state index in [-0.39, 0.29) is 0 Å². The van der Waals surface area contributed by atoms with Crippen molar-refractivity contribution in [2.75, 3.05) is 0 Å². The largest absolute Gasteiger partial charge is 0.345 e. The molecular weight excluding hydrogens is 303 g/mol. The lowest BCUT2D eigenvalue weighted by molar-refractivity contribution is -0.288. The third kappa shape index (κ3) is 3.12. The lowest BCUT2D eigenvalue weighted by atomic mass is 10.1. The van der Waals surface area contributed by atoms with Gasteiger partial charge in [-0.05, 0) is 18.6 Å². The molecule has 0 spiro atoms. The number of aromatic amines is 1. The minimum atomic E-state index is 0.603. The SMILES string of the molecule is Cc1[nH]c(Cc2ccccc2)nc1-c1ccc(Cl)c([ClH+])c1. The zero-order chi connectivity index (χ0) is 14.8. The smallest absolute Gasteiger partial charge is 0.244 e. The maximum absolute atomic E-state index is 5.99. The van der Waals surface area contributed by atoms with Gasteiger partial charge < -0.3 is 4.98 Å². The van der Waals surface area contributed by atoms with Crippen molar-refractivity contribution in [2.45, 2.75) is 13.3 Å². The van der Waals surface area contributed by atoms with Gasteiger partial charge in [0.25, 0.3) is 0 Å². The molecule has 0 radical (unpaired) electrons. The summed E-state index contributed by atoms with van der Waals surface area (Å²) < 4.78 is 0. The van der Waals surface area contributed by atoms with Crippen LogP contribution in [0.3, 0.4) is 0 Å². The number of nitrogens with one attached hydrogen (secondary N) is 1. The zero-order valence-electron chi connectivity index (χ0n) is 11.6. The summed E-state index contributed by atoms with van der Waals surface area (Å²) in [6.07, 6.45) is 0.788. The van der Waals surface area contributed by atoms with E-state index in [2.05, 4.69) is 17.1 Å². The van der Waals surface area contributed by atoms with Crippen LogP contribution in [0.25, 0.3) is 11.3 Å². The summed E-state index contributed by atoms with van der Waals surface area (Å²) in [5, 5.41) is 1.26. The summed E-state index contributed by atoms with van der Waals surface area (Å²) in [4.78, 5) is 8.05. The Morgan fingerprint density at radius 2 is 1.90 bits per heavy atom. The normalized spacial score (nSPS) is 10.8. The van der Waals surface area contributed by atoms with Crippen LogP contribution in [0.15, 0.2) is 48.5 Å². The number of nitrogens with zero attached hydrogens (tertiary/aromatic N) is 1. The van der Waals surface area contributed by atoms with Gasteiger partial charge in [-0.1, -0.05) is 48.0 Å². The molecule has 0 atom stereocenters. The predicted octanol–water partition coefficient (Wildman–Crippen LogP) is 4.33. The van der Waals surface area contributed by atoms with E-state index in [0.29, 0.717) is 10.0 Å². The number of aromatic nitrogens is 2. The highest BCUT2D eigenvalue weighted by molar-refractivity contribution is 6.31. The summed E-state index contributed by atoms with van der Waals surface area (Å²) in [6, 6.07) is 16.0. The van der Waals surface area contributed by atoms with E-state index in [9.17, 15) is 0 Å². The molecule has 21 heavy (non-hydrogen) atoms. The first-order valence-electron chi connectivity index (χ1n) is 6.70. The second kappa shape index (κ2) is 5.92. The third-order valence-electron chi connectivity index (χ3n) is 3.35. The molecular formula is C17H15Cl2N2+. The predicted molar refractivity (Wildman–Crippen MR) is 83.6 cm³/mol. The molecule has 2 aromatic carbocycles. The highest BCUT2D eigenvalue weighted by Gasteiger charge is 2.13. The number of hydrogen-bond donors (Lipinski definition) is 1. The summed E-state index contributed by atoms with van der Waals surface area (Å²) in [6.45, 7) is 2.02. The Balaban J connectivity index is 1.92. The van der Waals surface area contributed by atoms with Crippen molar-refractivity contribution < 1.29 is 11.6 Å². The number of rotatable bonds is 3. The second-order valence-corrected chi connectivity index (χ2v) is 5.81. The van der Waals surface area contributed by atoms with Crippen molar-refractivity contribution in [3.05, 3.63) is 75.7 Å². The van der Waals surface area contributed by atoms with Gasteiger partial charge in [0.1, 0.15) is 10.8 Å². The molecule has 4 heteroatoms. The monoisotopic (exact) mass is 317 g/mol. The minimum absolute atomic E-state index is 0.603. The van der Waals surface area contributed by atoms with Gasteiger partial charge in [0.05, 0.1) is 5.69 Å². The van der Waals surface area contributed by atoms with Crippen molar-refractivity contribution in [3.63, 3.8) is 0 Å². The van der Waals surface area contributed by atoms with Crippen LogP contribution in [0.1, 0.15) is 17.1 Å². The van der Waals surface area contributed by atoms with E-state index in [1.54, 1.807) is 0 Å². The van der Waals surface area contributed by atoms with Gasteiger partial charge in [0.2, 0.25) is 5.02 Å². The Morgan fingerprint density at radius 1 is 1.14 bits per heavy atom. The van der Waals surface area contributed by atoms with Crippen molar-refractivity contribution in [3.8, 4) is 11.3 Å². The fraction of sp³-hybridized carbons (Fsp3) is 0.118. The Hall–Kier alpha value is -1.77. The lowest BCUT2D eigenvalue weighted by Gasteiger charge is -1.98. The molecule has 0 unspecified atom stereocenters. The molecule has 3 rings (SSSR count). The second-order valence-electron chi connectivity index (χ2n) is 4.96. The molecule has 0 aliphatic carbocycles. The van der Waals surface area contributed by atoms with Crippen LogP contribution in [0.4, 0.5) is 0 Å². The molecule has 0 aliphatic heterocycles. The number of benzene rings is 2. The minimum Gasteiger partial charge on any atom is -0.345 e. The van der Waals surface area contributed by atoms with E-state index in [1.807, 2.05) is 43.3 Å². The van der Waals surface area contributed by atoms with Crippen LogP contribution in [0.2, 0.25) is 10.0 Å². The highest BCUT2D eigenvalue weighted by atomic mass is 35.5. The van der Waals surface area contributed by atoms with E-state index >= 15 is 0 Å². The first kappa shape index (κ1) is 14.2. The quantitative estimate of drug-likeness (QED) is 0.765. The van der Waals surface area contributed by atoms with Crippen LogP contribution in [0, 0.1) is 18.5 Å². The zero-order valence-corrected chi connectivity index (χ0v) is 13.1. The van der Waals surface area contributed by atoms with Crippen molar-refractivity contribution >= 4 is 11.6 Å². The molecule has 0 aliphatic rings. The maximum Gasteiger partial charge on any atom is 0.244 e. The first-order valence-corrected chi connectivity index (χ1v) is 7.48. The van der Waals surface area contributed by atoms with Gasteiger partial charge in [-0.3, -0.25) is 0 Å². The van der Waals surface area contributed by atoms with E-state index in [4.69, 9.17) is 28.2 Å². The van der Waals surface area contributed by atoms with Crippen LogP contribution in [-0.4, -0.2) is 9.97 Å². The molecule has 0 bridgehead atoms. The van der Waals surface area contributed by atoms with Crippen molar-refractivity contribution in [1.29, 1.82) is 0 Å². The lowest BCUT2D eigenvalue weighted by Crippen LogP contribution is -1.90. The Kier molecular flexibility index (Phi) is 4.00. The number of H-pyrrole nitrogens is 1. The standard InChI is InChI=1S/C17H15Cl2N2/c1-11-17(13-7-8-14(18)15(19)10-13)21-16(20-11)9-12-5-3-2-4-6-12/h2-8,10,19H,9H2,1H3,(H,20,21)/q+1. The molecule has 3 aromatic rings. The number of aryl methyl sites for hydroxylation is 1. The highest BCUT2D eigenvalue weighted by Crippen LogP contribution is 2.27. The number of hydrogen-bond acceptors (Lipinski definition) is 1. The Labute approximate surface area is 133 Å². The molecule has 1 heterocycles. The molecule has 2 nitrogen and oxygen atoms in total. The molecule has 1 N–H and O–H groups in total. The fourth-order valence-electron chi connectivity index (χ4n) is 2.33. The molecule has 0 saturated carbocycles. The summed E-state index contributed by atoms with van der Waals surface area (Å²) in [7, 11) is 0. The Bertz CT molecular complexity index is 764. The Morgan fingerprint density at radius 3 is 2.62 bits per heavy atom. The van der Waals surface area contributed by atoms with Gasteiger partial charge in [0, 0.05) is 23.7 Å². The fourth-order valence-corrected chi connectivity index (χ4v) is 2.64. The van der Waals surface area contributed by atoms with Gasteiger partial charge in [-0.25, -0.2) is 4.98 Å². The first-order chi connectivity index (χ1) is 10.1. The molecule has 0 saturated heterocycles. The van der Waals surface area contributed by atoms with Gasteiger partial charge in [-0.2, -0.15) is 0 Å². The maximum atomic E-state index is 5.99. The van der Waals surface area contributed by atoms with E-state index < -0.39 is 0 Å². The van der Waals surface area contributed by atoms with Gasteiger partial charge in [0.15, 0.2) is 11.6 Å². The summed E-state index contributed by atoms with van der Waals surface area (Å²) in [5.74, 6) is 0.953. The van der Waals surface area contributed by atoms with Gasteiger partial charge in [-0.15, -0.1) is 0 Å². The van der Waals surface area contributed by atoms with Crippen molar-refractivity contribution in [1.82, 2.24) is 9.97 Å². The van der Waals surface area contributed by atoms with Crippen LogP contribution in [0.5, 0.6) is 0 Å². The van der Waals surface area contributed by atoms with Gasteiger partial charge >= 0.3 is 0 Å². The summed E-state index contributed by atoms with van der Waals surface area (Å²) >= 11 is 11.2. The molecule has 1 aromatic heterocycles. The van der Waals surface area contributed by atoms with Crippen LogP contribution in [-0.2, 0) is 6.42 Å². The average molecular weight is 318 g/mol. The van der Waals surface area contributed by atoms with E-state index in [1.165, 1.54) is 5.56 Å². The average Bonchev–Trinajstić information content (AvgIpc) is 2.84. The topological polar surface area (TPSA) is 28.7 Å². The molecule has 0 fully saturated rings. The number of imidazole rings is 1. The molecule has 106 valence electrons. The molecule has 0 amide bonds.